The van der Waals surface area contributed by atoms with Gasteiger partial charge in [-0.3, -0.25) is 4.79 Å². The minimum Gasteiger partial charge on any atom is -0.508 e. The van der Waals surface area contributed by atoms with Crippen LogP contribution in [-0.4, -0.2) is 32.0 Å². The Hall–Kier alpha value is -2.38. The summed E-state index contributed by atoms with van der Waals surface area (Å²) in [5, 5.41) is 12.3. The number of aryl methyl sites for hydroxylation is 1. The number of hydrogen-bond donors (Lipinski definition) is 3. The van der Waals surface area contributed by atoms with Crippen LogP contribution in [0.15, 0.2) is 53.4 Å². The van der Waals surface area contributed by atoms with E-state index in [1.807, 2.05) is 26.8 Å². The number of nitrogens with one attached hydrogen (secondary N) is 2. The van der Waals surface area contributed by atoms with Gasteiger partial charge in [0, 0.05) is 6.54 Å². The topological polar surface area (TPSA) is 95.5 Å². The zero-order valence-electron chi connectivity index (χ0n) is 16.5. The van der Waals surface area contributed by atoms with Crippen molar-refractivity contribution in [1.29, 1.82) is 0 Å². The molecule has 6 nitrogen and oxygen atoms in total. The zero-order chi connectivity index (χ0) is 20.7. The molecule has 0 heterocycles. The SMILES string of the molecule is Cc1ccc(S(=O)(=O)NC(CC(C)C)C(=O)NCCc2cccc(O)c2)cc1. The molecule has 1 amide bonds. The Morgan fingerprint density at radius 3 is 2.39 bits per heavy atom. The molecule has 28 heavy (non-hydrogen) atoms. The van der Waals surface area contributed by atoms with E-state index in [1.54, 1.807) is 30.3 Å². The van der Waals surface area contributed by atoms with Gasteiger partial charge in [-0.15, -0.1) is 0 Å². The Morgan fingerprint density at radius 1 is 1.11 bits per heavy atom. The molecule has 3 N–H and O–H groups in total. The number of sulfonamides is 1. The van der Waals surface area contributed by atoms with Crippen molar-refractivity contribution in [3.8, 4) is 5.75 Å². The summed E-state index contributed by atoms with van der Waals surface area (Å²) < 4.78 is 27.8. The summed E-state index contributed by atoms with van der Waals surface area (Å²) in [6.07, 6.45) is 0.933. The first-order valence-electron chi connectivity index (χ1n) is 9.32. The van der Waals surface area contributed by atoms with Crippen molar-refractivity contribution in [1.82, 2.24) is 10.0 Å². The third-order valence-electron chi connectivity index (χ3n) is 4.28. The lowest BCUT2D eigenvalue weighted by Crippen LogP contribution is -2.47. The largest absolute Gasteiger partial charge is 0.508 e. The summed E-state index contributed by atoms with van der Waals surface area (Å²) >= 11 is 0. The van der Waals surface area contributed by atoms with Gasteiger partial charge in [-0.05, 0) is 55.5 Å². The molecule has 0 saturated carbocycles. The first-order chi connectivity index (χ1) is 13.2. The maximum absolute atomic E-state index is 12.7. The molecule has 0 aromatic heterocycles. The lowest BCUT2D eigenvalue weighted by molar-refractivity contribution is -0.123. The van der Waals surface area contributed by atoms with Gasteiger partial charge in [-0.1, -0.05) is 43.7 Å². The lowest BCUT2D eigenvalue weighted by Gasteiger charge is -2.20. The summed E-state index contributed by atoms with van der Waals surface area (Å²) in [6.45, 7) is 6.11. The Morgan fingerprint density at radius 2 is 1.79 bits per heavy atom. The molecule has 0 aliphatic carbocycles. The standard InChI is InChI=1S/C21H28N2O4S/c1-15(2)13-20(23-28(26,27)19-9-7-16(3)8-10-19)21(25)22-12-11-17-5-4-6-18(24)14-17/h4-10,14-15,20,23-24H,11-13H2,1-3H3,(H,22,25). The molecule has 0 aliphatic heterocycles. The number of hydrogen-bond acceptors (Lipinski definition) is 4. The number of phenols is 1. The average molecular weight is 405 g/mol. The Labute approximate surface area is 167 Å². The second-order valence-electron chi connectivity index (χ2n) is 7.33. The van der Waals surface area contributed by atoms with Gasteiger partial charge in [0.1, 0.15) is 11.8 Å². The lowest BCUT2D eigenvalue weighted by atomic mass is 10.0. The first-order valence-corrected chi connectivity index (χ1v) is 10.8. The highest BCUT2D eigenvalue weighted by molar-refractivity contribution is 7.89. The van der Waals surface area contributed by atoms with Crippen molar-refractivity contribution in [2.75, 3.05) is 6.54 Å². The monoisotopic (exact) mass is 404 g/mol. The number of phenolic OH excluding ortho intramolecular Hbond substituents is 1. The molecule has 0 fully saturated rings. The highest BCUT2D eigenvalue weighted by Crippen LogP contribution is 2.14. The highest BCUT2D eigenvalue weighted by atomic mass is 32.2. The Bertz CT molecular complexity index is 893. The van der Waals surface area contributed by atoms with Gasteiger partial charge in [0.05, 0.1) is 4.90 Å². The van der Waals surface area contributed by atoms with E-state index in [9.17, 15) is 18.3 Å². The molecular formula is C21H28N2O4S. The molecule has 0 spiro atoms. The average Bonchev–Trinajstić information content (AvgIpc) is 2.61. The number of amides is 1. The van der Waals surface area contributed by atoms with Gasteiger partial charge < -0.3 is 10.4 Å². The normalized spacial score (nSPS) is 12.7. The molecule has 7 heteroatoms. The minimum absolute atomic E-state index is 0.138. The van der Waals surface area contributed by atoms with Crippen LogP contribution in [0.3, 0.4) is 0 Å². The Kier molecular flexibility index (Phi) is 7.60. The molecular weight excluding hydrogens is 376 g/mol. The van der Waals surface area contributed by atoms with Crippen LogP contribution in [0.1, 0.15) is 31.4 Å². The van der Waals surface area contributed by atoms with Crippen molar-refractivity contribution in [2.45, 2.75) is 44.6 Å². The summed E-state index contributed by atoms with van der Waals surface area (Å²) in [5.74, 6) is -0.0422. The van der Waals surface area contributed by atoms with Crippen LogP contribution < -0.4 is 10.0 Å². The predicted octanol–water partition coefficient (Wildman–Crippen LogP) is 2.75. The number of rotatable bonds is 9. The molecule has 0 aliphatic rings. The van der Waals surface area contributed by atoms with Crippen LogP contribution in [0.2, 0.25) is 0 Å². The second-order valence-corrected chi connectivity index (χ2v) is 9.04. The first kappa shape index (κ1) is 21.9. The Balaban J connectivity index is 2.03. The molecule has 2 rings (SSSR count). The number of aromatic hydroxyl groups is 1. The van der Waals surface area contributed by atoms with E-state index in [1.165, 1.54) is 12.1 Å². The smallest absolute Gasteiger partial charge is 0.241 e. The maximum Gasteiger partial charge on any atom is 0.241 e. The van der Waals surface area contributed by atoms with E-state index in [-0.39, 0.29) is 22.5 Å². The third-order valence-corrected chi connectivity index (χ3v) is 5.76. The van der Waals surface area contributed by atoms with Crippen molar-refractivity contribution < 1.29 is 18.3 Å². The molecule has 0 radical (unpaired) electrons. The van der Waals surface area contributed by atoms with E-state index < -0.39 is 16.1 Å². The molecule has 1 unspecified atom stereocenters. The van der Waals surface area contributed by atoms with E-state index in [2.05, 4.69) is 10.0 Å². The summed E-state index contributed by atoms with van der Waals surface area (Å²) in [7, 11) is -3.79. The minimum atomic E-state index is -3.79. The van der Waals surface area contributed by atoms with Crippen LogP contribution in [0.25, 0.3) is 0 Å². The van der Waals surface area contributed by atoms with Crippen LogP contribution in [-0.2, 0) is 21.2 Å². The molecule has 1 atom stereocenters. The van der Waals surface area contributed by atoms with Crippen LogP contribution in [0.4, 0.5) is 0 Å². The molecule has 0 saturated heterocycles. The molecule has 2 aromatic rings. The third kappa shape index (κ3) is 6.65. The van der Waals surface area contributed by atoms with Crippen LogP contribution in [0.5, 0.6) is 5.75 Å². The van der Waals surface area contributed by atoms with E-state index in [0.717, 1.165) is 11.1 Å². The second kappa shape index (κ2) is 9.71. The van der Waals surface area contributed by atoms with Crippen molar-refractivity contribution >= 4 is 15.9 Å². The van der Waals surface area contributed by atoms with Crippen molar-refractivity contribution in [3.05, 3.63) is 59.7 Å². The fraction of sp³-hybridized carbons (Fsp3) is 0.381. The molecule has 152 valence electrons. The van der Waals surface area contributed by atoms with Gasteiger partial charge in [-0.2, -0.15) is 4.72 Å². The van der Waals surface area contributed by atoms with Gasteiger partial charge >= 0.3 is 0 Å². The van der Waals surface area contributed by atoms with Crippen LogP contribution in [0, 0.1) is 12.8 Å². The fourth-order valence-corrected chi connectivity index (χ4v) is 4.03. The van der Waals surface area contributed by atoms with Gasteiger partial charge in [-0.25, -0.2) is 8.42 Å². The summed E-state index contributed by atoms with van der Waals surface area (Å²) in [5.41, 5.74) is 1.85. The summed E-state index contributed by atoms with van der Waals surface area (Å²) in [6, 6.07) is 12.5. The predicted molar refractivity (Wildman–Crippen MR) is 110 cm³/mol. The maximum atomic E-state index is 12.7. The van der Waals surface area contributed by atoms with E-state index in [0.29, 0.717) is 19.4 Å². The van der Waals surface area contributed by atoms with Crippen LogP contribution >= 0.6 is 0 Å². The van der Waals surface area contributed by atoms with Crippen molar-refractivity contribution in [2.24, 2.45) is 5.92 Å². The van der Waals surface area contributed by atoms with E-state index in [4.69, 9.17) is 0 Å². The summed E-state index contributed by atoms with van der Waals surface area (Å²) in [4.78, 5) is 12.7. The van der Waals surface area contributed by atoms with Crippen molar-refractivity contribution in [3.63, 3.8) is 0 Å². The molecule has 0 bridgehead atoms. The highest BCUT2D eigenvalue weighted by Gasteiger charge is 2.26. The quantitative estimate of drug-likeness (QED) is 0.599. The number of carbonyl (C=O) groups excluding carboxylic acids is 1. The van der Waals surface area contributed by atoms with Gasteiger partial charge in [0.2, 0.25) is 15.9 Å². The number of carbonyl (C=O) groups is 1. The van der Waals surface area contributed by atoms with E-state index >= 15 is 0 Å². The van der Waals surface area contributed by atoms with Gasteiger partial charge in [0.25, 0.3) is 0 Å². The van der Waals surface area contributed by atoms with Gasteiger partial charge in [0.15, 0.2) is 0 Å². The zero-order valence-corrected chi connectivity index (χ0v) is 17.3. The fourth-order valence-electron chi connectivity index (χ4n) is 2.82. The molecule has 2 aromatic carbocycles. The number of benzene rings is 2.